The predicted molar refractivity (Wildman–Crippen MR) is 134 cm³/mol. The first-order valence-corrected chi connectivity index (χ1v) is 11.5. The maximum absolute atomic E-state index is 13.3. The molecule has 5 nitrogen and oxygen atoms in total. The van der Waals surface area contributed by atoms with E-state index in [2.05, 4.69) is 23.0 Å². The van der Waals surface area contributed by atoms with Gasteiger partial charge in [-0.1, -0.05) is 17.5 Å². The van der Waals surface area contributed by atoms with E-state index >= 15 is 0 Å². The molecule has 0 radical (unpaired) electrons. The Labute approximate surface area is 199 Å². The van der Waals surface area contributed by atoms with Crippen LogP contribution in [-0.2, 0) is 4.79 Å². The van der Waals surface area contributed by atoms with E-state index in [0.717, 1.165) is 37.3 Å². The van der Waals surface area contributed by atoms with Crippen LogP contribution >= 0.6 is 23.8 Å². The van der Waals surface area contributed by atoms with Crippen LogP contribution in [0.2, 0.25) is 5.02 Å². The van der Waals surface area contributed by atoms with Gasteiger partial charge in [0.1, 0.15) is 5.54 Å². The summed E-state index contributed by atoms with van der Waals surface area (Å²) in [6.07, 6.45) is 7.45. The Hall–Kier alpha value is -2.59. The number of benzene rings is 2. The summed E-state index contributed by atoms with van der Waals surface area (Å²) in [7, 11) is 0. The minimum Gasteiger partial charge on any atom is -0.396 e. The summed E-state index contributed by atoms with van der Waals surface area (Å²) in [6, 6.07) is 13.3. The second kappa shape index (κ2) is 8.74. The van der Waals surface area contributed by atoms with E-state index in [0.29, 0.717) is 27.3 Å². The van der Waals surface area contributed by atoms with Crippen molar-refractivity contribution in [3.63, 3.8) is 0 Å². The van der Waals surface area contributed by atoms with Crippen molar-refractivity contribution < 1.29 is 9.90 Å². The van der Waals surface area contributed by atoms with E-state index in [9.17, 15) is 9.90 Å². The van der Waals surface area contributed by atoms with Gasteiger partial charge in [-0.2, -0.15) is 0 Å². The molecule has 0 spiro atoms. The zero-order valence-electron chi connectivity index (χ0n) is 18.2. The highest BCUT2D eigenvalue weighted by atomic mass is 35.5. The topological polar surface area (TPSA) is 47.0 Å². The molecule has 1 N–H and O–H groups in total. The van der Waals surface area contributed by atoms with E-state index in [4.69, 9.17) is 30.2 Å². The van der Waals surface area contributed by atoms with Crippen molar-refractivity contribution >= 4 is 51.9 Å². The van der Waals surface area contributed by atoms with Gasteiger partial charge in [0, 0.05) is 36.6 Å². The molecule has 1 amide bonds. The quantitative estimate of drug-likeness (QED) is 0.532. The molecular weight excluding hydrogens is 442 g/mol. The van der Waals surface area contributed by atoms with Crippen LogP contribution in [0, 0.1) is 18.3 Å². The molecule has 7 heteroatoms. The van der Waals surface area contributed by atoms with E-state index in [1.54, 1.807) is 18.2 Å². The first-order valence-electron chi connectivity index (χ1n) is 10.7. The minimum atomic E-state index is -0.852. The third-order valence-electron chi connectivity index (χ3n) is 6.38. The Balaban J connectivity index is 1.60. The summed E-state index contributed by atoms with van der Waals surface area (Å²) in [5, 5.41) is 10.2. The number of rotatable bonds is 4. The molecule has 166 valence electrons. The summed E-state index contributed by atoms with van der Waals surface area (Å²) < 4.78 is 0. The van der Waals surface area contributed by atoms with Crippen molar-refractivity contribution in [1.29, 1.82) is 0 Å². The third kappa shape index (κ3) is 3.86. The van der Waals surface area contributed by atoms with Gasteiger partial charge in [-0.25, -0.2) is 0 Å². The monoisotopic (exact) mass is 467 g/mol. The van der Waals surface area contributed by atoms with Crippen molar-refractivity contribution in [3.05, 3.63) is 53.1 Å². The van der Waals surface area contributed by atoms with Gasteiger partial charge in [0.2, 0.25) is 0 Å². The Morgan fingerprint density at radius 3 is 2.28 bits per heavy atom. The molecule has 2 aliphatic rings. The van der Waals surface area contributed by atoms with Crippen molar-refractivity contribution in [2.75, 3.05) is 34.4 Å². The largest absolute Gasteiger partial charge is 0.396 e. The number of aliphatic hydroxyl groups excluding tert-OH is 1. The highest BCUT2D eigenvalue weighted by Crippen LogP contribution is 2.38. The Bertz CT molecular complexity index is 1090. The van der Waals surface area contributed by atoms with Gasteiger partial charge in [0.05, 0.1) is 10.7 Å². The Morgan fingerprint density at radius 2 is 1.72 bits per heavy atom. The SMILES string of the molecule is C#Cc1ccc(N2C(=O)C(C)(C)N(c3ccc(N4CCC(CO)CC4)cc3)C2=S)cc1Cl. The molecule has 0 bridgehead atoms. The molecule has 2 saturated heterocycles. The lowest BCUT2D eigenvalue weighted by atomic mass is 9.97. The highest BCUT2D eigenvalue weighted by Gasteiger charge is 2.50. The molecule has 2 aromatic carbocycles. The molecule has 32 heavy (non-hydrogen) atoms. The zero-order chi connectivity index (χ0) is 23.0. The fourth-order valence-corrected chi connectivity index (χ4v) is 5.15. The van der Waals surface area contributed by atoms with Crippen molar-refractivity contribution in [1.82, 2.24) is 0 Å². The number of hydrogen-bond acceptors (Lipinski definition) is 4. The van der Waals surface area contributed by atoms with Crippen LogP contribution in [0.4, 0.5) is 17.1 Å². The van der Waals surface area contributed by atoms with Crippen molar-refractivity contribution in [2.45, 2.75) is 32.2 Å². The summed E-state index contributed by atoms with van der Waals surface area (Å²) >= 11 is 12.0. The summed E-state index contributed by atoms with van der Waals surface area (Å²) in [6.45, 7) is 5.85. The maximum Gasteiger partial charge on any atom is 0.259 e. The Kier molecular flexibility index (Phi) is 6.17. The minimum absolute atomic E-state index is 0.123. The van der Waals surface area contributed by atoms with Crippen molar-refractivity contribution in [3.8, 4) is 12.3 Å². The fraction of sp³-hybridized carbons (Fsp3) is 0.360. The van der Waals surface area contributed by atoms with Crippen LogP contribution in [0.1, 0.15) is 32.3 Å². The highest BCUT2D eigenvalue weighted by molar-refractivity contribution is 7.81. The Morgan fingerprint density at radius 1 is 1.12 bits per heavy atom. The van der Waals surface area contributed by atoms with E-state index in [-0.39, 0.29) is 12.5 Å². The molecule has 4 rings (SSSR count). The second-order valence-corrected chi connectivity index (χ2v) is 9.53. The molecule has 0 unspecified atom stereocenters. The average molecular weight is 468 g/mol. The lowest BCUT2D eigenvalue weighted by Crippen LogP contribution is -2.44. The lowest BCUT2D eigenvalue weighted by molar-refractivity contribution is -0.120. The number of anilines is 3. The number of aliphatic hydroxyl groups is 1. The molecular formula is C25H26ClN3O2S. The van der Waals surface area contributed by atoms with E-state index in [1.807, 2.05) is 30.9 Å². The van der Waals surface area contributed by atoms with Gasteiger partial charge in [0.15, 0.2) is 5.11 Å². The van der Waals surface area contributed by atoms with Crippen LogP contribution in [0.15, 0.2) is 42.5 Å². The smallest absolute Gasteiger partial charge is 0.259 e. The number of piperidine rings is 1. The maximum atomic E-state index is 13.3. The zero-order valence-corrected chi connectivity index (χ0v) is 19.8. The standard InChI is InChI=1S/C25H26ClN3O2S/c1-4-18-5-6-21(15-22(18)26)28-23(31)25(2,3)29(24(28)32)20-9-7-19(8-10-20)27-13-11-17(16-30)12-14-27/h1,5-10,15,17,30H,11-14,16H2,2-3H3. The first-order chi connectivity index (χ1) is 15.3. The van der Waals surface area contributed by atoms with Crippen LogP contribution < -0.4 is 14.7 Å². The number of halogens is 1. The van der Waals surface area contributed by atoms with Gasteiger partial charge in [-0.15, -0.1) is 6.42 Å². The molecule has 2 heterocycles. The number of thiocarbonyl (C=S) groups is 1. The molecule has 0 aliphatic carbocycles. The number of carbonyl (C=O) groups is 1. The van der Waals surface area contributed by atoms with E-state index in [1.165, 1.54) is 4.90 Å². The van der Waals surface area contributed by atoms with Gasteiger partial charge in [-0.3, -0.25) is 9.69 Å². The van der Waals surface area contributed by atoms with Gasteiger partial charge in [0.25, 0.3) is 5.91 Å². The van der Waals surface area contributed by atoms with Crippen LogP contribution in [0.5, 0.6) is 0 Å². The number of carbonyl (C=O) groups excluding carboxylic acids is 1. The molecule has 0 saturated carbocycles. The average Bonchev–Trinajstić information content (AvgIpc) is 2.97. The van der Waals surface area contributed by atoms with Crippen molar-refractivity contribution in [2.24, 2.45) is 5.92 Å². The number of terminal acetylenes is 1. The third-order valence-corrected chi connectivity index (χ3v) is 7.06. The first kappa shape index (κ1) is 22.6. The molecule has 2 aliphatic heterocycles. The number of amides is 1. The van der Waals surface area contributed by atoms with Crippen LogP contribution in [0.3, 0.4) is 0 Å². The van der Waals surface area contributed by atoms with Crippen LogP contribution in [0.25, 0.3) is 0 Å². The number of hydrogen-bond donors (Lipinski definition) is 1. The second-order valence-electron chi connectivity index (χ2n) is 8.76. The normalized spacial score (nSPS) is 18.9. The van der Waals surface area contributed by atoms with Gasteiger partial charge < -0.3 is 14.9 Å². The number of nitrogens with zero attached hydrogens (tertiary/aromatic N) is 3. The van der Waals surface area contributed by atoms with E-state index < -0.39 is 5.54 Å². The molecule has 0 aromatic heterocycles. The molecule has 2 fully saturated rings. The summed E-state index contributed by atoms with van der Waals surface area (Å²) in [4.78, 5) is 19.1. The lowest BCUT2D eigenvalue weighted by Gasteiger charge is -2.34. The summed E-state index contributed by atoms with van der Waals surface area (Å²) in [5.74, 6) is 2.80. The predicted octanol–water partition coefficient (Wildman–Crippen LogP) is 4.45. The molecule has 2 aromatic rings. The summed E-state index contributed by atoms with van der Waals surface area (Å²) in [5.41, 5.74) is 2.31. The van der Waals surface area contributed by atoms with Gasteiger partial charge in [-0.05, 0) is 87.3 Å². The van der Waals surface area contributed by atoms with Crippen LogP contribution in [-0.4, -0.2) is 41.4 Å². The fourth-order valence-electron chi connectivity index (χ4n) is 4.40. The molecule has 0 atom stereocenters. The van der Waals surface area contributed by atoms with Gasteiger partial charge >= 0.3 is 0 Å².